The molecular weight excluding hydrogens is 410 g/mol. The quantitative estimate of drug-likeness (QED) is 0.365. The summed E-state index contributed by atoms with van der Waals surface area (Å²) in [6, 6.07) is 6.37. The van der Waals surface area contributed by atoms with E-state index in [4.69, 9.17) is 16.3 Å². The molecular formula is C14H15BrClNO7. The summed E-state index contributed by atoms with van der Waals surface area (Å²) in [6.07, 6.45) is -4.94. The van der Waals surface area contributed by atoms with E-state index in [1.54, 1.807) is 18.2 Å². The maximum atomic E-state index is 11.1. The molecule has 3 rings (SSSR count). The number of halogens is 2. The summed E-state index contributed by atoms with van der Waals surface area (Å²) in [4.78, 5) is 0. The summed E-state index contributed by atoms with van der Waals surface area (Å²) in [5.41, 5.74) is -4.18. The van der Waals surface area contributed by atoms with Crippen LogP contribution in [0.25, 0.3) is 10.9 Å². The highest BCUT2D eigenvalue weighted by molar-refractivity contribution is 9.10. The molecule has 1 aromatic carbocycles. The van der Waals surface area contributed by atoms with Crippen LogP contribution >= 0.6 is 27.5 Å². The van der Waals surface area contributed by atoms with Gasteiger partial charge in [0.05, 0.1) is 5.52 Å². The lowest BCUT2D eigenvalue weighted by molar-refractivity contribution is -0.357. The maximum Gasteiger partial charge on any atom is 0.204 e. The SMILES string of the molecule is Oc1cn([C@@]2(O)[C@@H](O)[C@@H](O)O[C@](Br)(C(O)Cl)[C@H]2O)c2ccccc12. The molecule has 1 aliphatic heterocycles. The van der Waals surface area contributed by atoms with Crippen molar-refractivity contribution >= 4 is 38.4 Å². The third-order valence-electron chi connectivity index (χ3n) is 4.18. The number of aliphatic hydroxyl groups excluding tert-OH is 4. The number of hydrogen-bond acceptors (Lipinski definition) is 7. The Hall–Kier alpha value is -0.910. The highest BCUT2D eigenvalue weighted by Gasteiger charge is 2.64. The first kappa shape index (κ1) is 17.9. The number of nitrogens with zero attached hydrogens (tertiary/aromatic N) is 1. The second-order valence-corrected chi connectivity index (χ2v) is 7.23. The summed E-state index contributed by atoms with van der Waals surface area (Å²) < 4.78 is 3.77. The molecule has 0 amide bonds. The van der Waals surface area contributed by atoms with Crippen molar-refractivity contribution in [3.05, 3.63) is 30.5 Å². The van der Waals surface area contributed by atoms with Crippen LogP contribution in [0.3, 0.4) is 0 Å². The van der Waals surface area contributed by atoms with Crippen LogP contribution in [0.2, 0.25) is 0 Å². The first-order chi connectivity index (χ1) is 11.1. The minimum absolute atomic E-state index is 0.217. The van der Waals surface area contributed by atoms with Gasteiger partial charge in [-0.1, -0.05) is 23.7 Å². The van der Waals surface area contributed by atoms with E-state index in [2.05, 4.69) is 15.9 Å². The predicted molar refractivity (Wildman–Crippen MR) is 86.4 cm³/mol. The lowest BCUT2D eigenvalue weighted by Gasteiger charge is -2.51. The number of aromatic nitrogens is 1. The lowest BCUT2D eigenvalue weighted by atomic mass is 9.91. The van der Waals surface area contributed by atoms with Crippen molar-refractivity contribution in [1.82, 2.24) is 4.57 Å². The number of aromatic hydroxyl groups is 1. The average molecular weight is 425 g/mol. The van der Waals surface area contributed by atoms with Gasteiger partial charge in [0, 0.05) is 11.6 Å². The smallest absolute Gasteiger partial charge is 0.204 e. The van der Waals surface area contributed by atoms with Gasteiger partial charge in [-0.2, -0.15) is 0 Å². The van der Waals surface area contributed by atoms with Crippen LogP contribution < -0.4 is 0 Å². The second-order valence-electron chi connectivity index (χ2n) is 5.57. The third kappa shape index (κ3) is 2.28. The summed E-state index contributed by atoms with van der Waals surface area (Å²) in [6.45, 7) is 0. The minimum atomic E-state index is -2.57. The normalized spacial score (nSPS) is 38.4. The number of alkyl halides is 2. The summed E-state index contributed by atoms with van der Waals surface area (Å²) in [5, 5.41) is 61.9. The van der Waals surface area contributed by atoms with E-state index in [1.165, 1.54) is 6.07 Å². The Kier molecular flexibility index (Phi) is 4.34. The first-order valence-electron chi connectivity index (χ1n) is 6.89. The molecule has 24 heavy (non-hydrogen) atoms. The predicted octanol–water partition coefficient (Wildman–Crippen LogP) is -0.289. The fourth-order valence-corrected chi connectivity index (χ4v) is 3.59. The van der Waals surface area contributed by atoms with Gasteiger partial charge in [0.15, 0.2) is 22.5 Å². The Bertz CT molecular complexity index is 771. The van der Waals surface area contributed by atoms with Crippen LogP contribution in [0, 0.1) is 0 Å². The van der Waals surface area contributed by atoms with Gasteiger partial charge < -0.3 is 39.9 Å². The van der Waals surface area contributed by atoms with Crippen LogP contribution in [0.5, 0.6) is 5.75 Å². The molecule has 1 unspecified atom stereocenters. The van der Waals surface area contributed by atoms with Crippen molar-refractivity contribution in [2.24, 2.45) is 0 Å². The van der Waals surface area contributed by atoms with E-state index < -0.39 is 34.3 Å². The molecule has 2 aromatic rings. The molecule has 2 heterocycles. The van der Waals surface area contributed by atoms with Crippen molar-refractivity contribution in [3.8, 4) is 5.75 Å². The number of benzene rings is 1. The molecule has 1 aromatic heterocycles. The molecule has 8 nitrogen and oxygen atoms in total. The number of ether oxygens (including phenoxy) is 1. The number of rotatable bonds is 2. The molecule has 0 radical (unpaired) electrons. The molecule has 1 aliphatic rings. The summed E-state index contributed by atoms with van der Waals surface area (Å²) in [5.74, 6) is -0.217. The molecule has 0 bridgehead atoms. The first-order valence-corrected chi connectivity index (χ1v) is 8.12. The van der Waals surface area contributed by atoms with Crippen molar-refractivity contribution in [2.45, 2.75) is 34.3 Å². The third-order valence-corrected chi connectivity index (χ3v) is 5.83. The zero-order valence-electron chi connectivity index (χ0n) is 12.0. The van der Waals surface area contributed by atoms with Crippen LogP contribution in [0.15, 0.2) is 30.5 Å². The van der Waals surface area contributed by atoms with Crippen molar-refractivity contribution in [2.75, 3.05) is 0 Å². The zero-order valence-corrected chi connectivity index (χ0v) is 14.3. The molecule has 132 valence electrons. The Morgan fingerprint density at radius 3 is 2.50 bits per heavy atom. The highest BCUT2D eigenvalue weighted by Crippen LogP contribution is 2.47. The van der Waals surface area contributed by atoms with E-state index in [9.17, 15) is 30.6 Å². The van der Waals surface area contributed by atoms with E-state index >= 15 is 0 Å². The number of aliphatic hydroxyl groups is 5. The average Bonchev–Trinajstić information content (AvgIpc) is 2.89. The fourth-order valence-electron chi connectivity index (χ4n) is 2.89. The largest absolute Gasteiger partial charge is 0.506 e. The van der Waals surface area contributed by atoms with Crippen molar-refractivity contribution in [3.63, 3.8) is 0 Å². The molecule has 0 spiro atoms. The highest BCUT2D eigenvalue weighted by atomic mass is 79.9. The van der Waals surface area contributed by atoms with Gasteiger partial charge in [-0.3, -0.25) is 0 Å². The van der Waals surface area contributed by atoms with Gasteiger partial charge in [0.2, 0.25) is 5.72 Å². The topological polar surface area (TPSA) is 136 Å². The van der Waals surface area contributed by atoms with Gasteiger partial charge in [-0.15, -0.1) is 0 Å². The van der Waals surface area contributed by atoms with E-state index in [-0.39, 0.29) is 11.3 Å². The van der Waals surface area contributed by atoms with Gasteiger partial charge in [0.1, 0.15) is 11.9 Å². The van der Waals surface area contributed by atoms with Crippen molar-refractivity contribution < 1.29 is 35.4 Å². The van der Waals surface area contributed by atoms with Gasteiger partial charge >= 0.3 is 0 Å². The Balaban J connectivity index is 2.25. The second kappa shape index (κ2) is 5.82. The monoisotopic (exact) mass is 423 g/mol. The minimum Gasteiger partial charge on any atom is -0.506 e. The zero-order chi connectivity index (χ0) is 17.9. The Labute approximate surface area is 149 Å². The molecule has 6 atom stereocenters. The van der Waals surface area contributed by atoms with Crippen LogP contribution in [0.1, 0.15) is 0 Å². The lowest BCUT2D eigenvalue weighted by Crippen LogP contribution is -2.72. The Morgan fingerprint density at radius 2 is 1.88 bits per heavy atom. The molecule has 0 saturated carbocycles. The number of fused-ring (bicyclic) bond motifs is 1. The van der Waals surface area contributed by atoms with E-state index in [0.29, 0.717) is 5.39 Å². The van der Waals surface area contributed by atoms with Crippen LogP contribution in [0.4, 0.5) is 0 Å². The fraction of sp³-hybridized carbons (Fsp3) is 0.429. The van der Waals surface area contributed by atoms with Gasteiger partial charge in [-0.05, 0) is 28.1 Å². The Morgan fingerprint density at radius 1 is 1.25 bits per heavy atom. The number of para-hydroxylation sites is 1. The van der Waals surface area contributed by atoms with Crippen molar-refractivity contribution in [1.29, 1.82) is 0 Å². The molecule has 0 aliphatic carbocycles. The molecule has 6 N–H and O–H groups in total. The standard InChI is InChI=1S/C14H15BrClNO7/c15-13(12(16)22)11(21)14(23,9(19)10(20)24-13)17-5-8(18)6-3-1-2-4-7(6)17/h1-5,9-12,18-23H/t9-,10-,11+,12?,13-,14+/m0/s1. The van der Waals surface area contributed by atoms with Gasteiger partial charge in [0.25, 0.3) is 0 Å². The van der Waals surface area contributed by atoms with Crippen LogP contribution in [-0.4, -0.2) is 63.8 Å². The summed E-state index contributed by atoms with van der Waals surface area (Å²) in [7, 11) is 0. The molecule has 1 fully saturated rings. The number of hydrogen-bond donors (Lipinski definition) is 6. The van der Waals surface area contributed by atoms with E-state index in [1.807, 2.05) is 0 Å². The van der Waals surface area contributed by atoms with Crippen LogP contribution in [-0.2, 0) is 10.5 Å². The molecule has 10 heteroatoms. The summed E-state index contributed by atoms with van der Waals surface area (Å²) >= 11 is 8.48. The van der Waals surface area contributed by atoms with Gasteiger partial charge in [-0.25, -0.2) is 0 Å². The van der Waals surface area contributed by atoms with E-state index in [0.717, 1.165) is 10.8 Å². The maximum absolute atomic E-state index is 11.1. The molecule has 1 saturated heterocycles.